The lowest BCUT2D eigenvalue weighted by Gasteiger charge is -2.09. The van der Waals surface area contributed by atoms with Gasteiger partial charge in [-0.25, -0.2) is 4.79 Å². The molecule has 0 aliphatic rings. The van der Waals surface area contributed by atoms with Crippen molar-refractivity contribution in [2.24, 2.45) is 0 Å². The van der Waals surface area contributed by atoms with E-state index in [0.717, 1.165) is 12.0 Å². The molecule has 1 aromatic carbocycles. The van der Waals surface area contributed by atoms with Crippen molar-refractivity contribution >= 4 is 51.6 Å². The zero-order valence-corrected chi connectivity index (χ0v) is 20.8. The van der Waals surface area contributed by atoms with E-state index in [1.54, 1.807) is 24.5 Å². The number of aromatic nitrogens is 3. The van der Waals surface area contributed by atoms with Gasteiger partial charge in [0.05, 0.1) is 19.1 Å². The predicted octanol–water partition coefficient (Wildman–Crippen LogP) is 5.85. The Morgan fingerprint density at radius 2 is 2.03 bits per heavy atom. The smallest absolute Gasteiger partial charge is 0.341 e. The number of thiophene rings is 1. The molecular formula is C23H21ClN4O4S2. The summed E-state index contributed by atoms with van der Waals surface area (Å²) in [4.78, 5) is 25.3. The maximum absolute atomic E-state index is 12.8. The van der Waals surface area contributed by atoms with Crippen molar-refractivity contribution in [1.82, 2.24) is 14.8 Å². The third-order valence-corrected chi connectivity index (χ3v) is 6.94. The van der Waals surface area contributed by atoms with Crippen LogP contribution in [0.25, 0.3) is 22.7 Å². The zero-order valence-electron chi connectivity index (χ0n) is 18.4. The first-order valence-electron chi connectivity index (χ1n) is 10.4. The van der Waals surface area contributed by atoms with Gasteiger partial charge in [-0.1, -0.05) is 42.4 Å². The second kappa shape index (κ2) is 10.9. The van der Waals surface area contributed by atoms with Crippen LogP contribution in [-0.4, -0.2) is 39.5 Å². The molecule has 11 heteroatoms. The standard InChI is InChI=1S/C23H21ClN4O4S2/c1-3-10-28-20(17-5-4-11-32-17)26-27-23(28)34-13-18(29)25-21-19(22(30)31-2)16(12-33-21)14-6-8-15(24)9-7-14/h4-9,11-12H,3,10,13H2,1-2H3,(H,25,29). The number of hydrogen-bond donors (Lipinski definition) is 1. The van der Waals surface area contributed by atoms with Crippen LogP contribution in [0.15, 0.2) is 57.6 Å². The molecule has 176 valence electrons. The van der Waals surface area contributed by atoms with E-state index in [1.807, 2.05) is 28.1 Å². The highest BCUT2D eigenvalue weighted by atomic mass is 35.5. The Kier molecular flexibility index (Phi) is 7.71. The Bertz CT molecular complexity index is 1280. The molecule has 34 heavy (non-hydrogen) atoms. The summed E-state index contributed by atoms with van der Waals surface area (Å²) in [6.45, 7) is 2.74. The summed E-state index contributed by atoms with van der Waals surface area (Å²) in [5.74, 6) is 0.529. The summed E-state index contributed by atoms with van der Waals surface area (Å²) < 4.78 is 12.4. The first-order chi connectivity index (χ1) is 16.5. The second-order valence-corrected chi connectivity index (χ2v) is 9.38. The van der Waals surface area contributed by atoms with Crippen molar-refractivity contribution < 1.29 is 18.7 Å². The molecule has 0 fully saturated rings. The Morgan fingerprint density at radius 1 is 1.24 bits per heavy atom. The average molecular weight is 517 g/mol. The largest absolute Gasteiger partial charge is 0.465 e. The van der Waals surface area contributed by atoms with Gasteiger partial charge in [-0.3, -0.25) is 9.36 Å². The van der Waals surface area contributed by atoms with Crippen molar-refractivity contribution in [2.45, 2.75) is 25.0 Å². The predicted molar refractivity (Wildman–Crippen MR) is 133 cm³/mol. The molecule has 0 radical (unpaired) electrons. The summed E-state index contributed by atoms with van der Waals surface area (Å²) in [5.41, 5.74) is 1.78. The van der Waals surface area contributed by atoms with Crippen molar-refractivity contribution in [2.75, 3.05) is 18.2 Å². The summed E-state index contributed by atoms with van der Waals surface area (Å²) in [5, 5.41) is 14.7. The molecule has 0 unspecified atom stereocenters. The van der Waals surface area contributed by atoms with Gasteiger partial charge in [0.2, 0.25) is 5.91 Å². The number of methoxy groups -OCH3 is 1. The highest BCUT2D eigenvalue weighted by molar-refractivity contribution is 7.99. The van der Waals surface area contributed by atoms with Crippen LogP contribution >= 0.6 is 34.7 Å². The molecule has 0 bridgehead atoms. The molecule has 4 rings (SSSR count). The van der Waals surface area contributed by atoms with Gasteiger partial charge in [-0.2, -0.15) is 0 Å². The first kappa shape index (κ1) is 24.1. The maximum Gasteiger partial charge on any atom is 0.341 e. The van der Waals surface area contributed by atoms with Gasteiger partial charge < -0.3 is 14.5 Å². The molecule has 1 amide bonds. The highest BCUT2D eigenvalue weighted by Gasteiger charge is 2.23. The molecule has 0 saturated heterocycles. The van der Waals surface area contributed by atoms with Crippen molar-refractivity contribution in [3.05, 3.63) is 58.6 Å². The van der Waals surface area contributed by atoms with Crippen LogP contribution in [0.5, 0.6) is 0 Å². The number of hydrogen-bond acceptors (Lipinski definition) is 8. The lowest BCUT2D eigenvalue weighted by molar-refractivity contribution is -0.113. The van der Waals surface area contributed by atoms with Crippen LogP contribution in [0, 0.1) is 0 Å². The topological polar surface area (TPSA) is 99.2 Å². The van der Waals surface area contributed by atoms with Gasteiger partial charge in [0.1, 0.15) is 10.6 Å². The number of halogens is 1. The average Bonchev–Trinajstić information content (AvgIpc) is 3.58. The van der Waals surface area contributed by atoms with Gasteiger partial charge in [0.25, 0.3) is 0 Å². The van der Waals surface area contributed by atoms with E-state index < -0.39 is 5.97 Å². The quantitative estimate of drug-likeness (QED) is 0.220. The number of benzene rings is 1. The van der Waals surface area contributed by atoms with Gasteiger partial charge in [0, 0.05) is 22.5 Å². The fourth-order valence-corrected chi connectivity index (χ4v) is 5.16. The number of rotatable bonds is 9. The molecule has 0 spiro atoms. The van der Waals surface area contributed by atoms with Crippen molar-refractivity contribution in [1.29, 1.82) is 0 Å². The second-order valence-electron chi connectivity index (χ2n) is 7.12. The van der Waals surface area contributed by atoms with Gasteiger partial charge in [-0.15, -0.1) is 21.5 Å². The van der Waals surface area contributed by atoms with E-state index in [0.29, 0.717) is 44.4 Å². The molecule has 0 saturated carbocycles. The van der Waals surface area contributed by atoms with E-state index in [4.69, 9.17) is 20.8 Å². The molecule has 8 nitrogen and oxygen atoms in total. The van der Waals surface area contributed by atoms with Crippen LogP contribution in [0.3, 0.4) is 0 Å². The summed E-state index contributed by atoms with van der Waals surface area (Å²) in [6.07, 6.45) is 2.45. The molecule has 1 N–H and O–H groups in total. The fourth-order valence-electron chi connectivity index (χ4n) is 3.30. The van der Waals surface area contributed by atoms with Gasteiger partial charge in [0.15, 0.2) is 16.7 Å². The molecule has 4 aromatic rings. The number of anilines is 1. The molecule has 0 aliphatic carbocycles. The lowest BCUT2D eigenvalue weighted by atomic mass is 10.0. The monoisotopic (exact) mass is 516 g/mol. The first-order valence-corrected chi connectivity index (χ1v) is 12.6. The molecule has 0 atom stereocenters. The number of amides is 1. The number of thioether (sulfide) groups is 1. The number of carbonyl (C=O) groups is 2. The Hall–Kier alpha value is -3.08. The van der Waals surface area contributed by atoms with E-state index in [9.17, 15) is 9.59 Å². The lowest BCUT2D eigenvalue weighted by Crippen LogP contribution is -2.16. The minimum absolute atomic E-state index is 0.0921. The zero-order chi connectivity index (χ0) is 24.1. The van der Waals surface area contributed by atoms with Gasteiger partial charge in [-0.05, 0) is 36.2 Å². The Morgan fingerprint density at radius 3 is 2.71 bits per heavy atom. The summed E-state index contributed by atoms with van der Waals surface area (Å²) in [7, 11) is 1.31. The fraction of sp³-hybridized carbons (Fsp3) is 0.217. The normalized spacial score (nSPS) is 10.9. The summed E-state index contributed by atoms with van der Waals surface area (Å²) in [6, 6.07) is 10.7. The Labute approximate surface area is 209 Å². The minimum Gasteiger partial charge on any atom is -0.465 e. The van der Waals surface area contributed by atoms with E-state index in [2.05, 4.69) is 22.4 Å². The number of esters is 1. The number of ether oxygens (including phenoxy) is 1. The Balaban J connectivity index is 1.51. The van der Waals surface area contributed by atoms with Crippen molar-refractivity contribution in [3.8, 4) is 22.7 Å². The number of nitrogens with one attached hydrogen (secondary N) is 1. The van der Waals surface area contributed by atoms with Gasteiger partial charge >= 0.3 is 5.97 Å². The molecule has 3 heterocycles. The van der Waals surface area contributed by atoms with E-state index >= 15 is 0 Å². The van der Waals surface area contributed by atoms with Crippen LogP contribution in [0.1, 0.15) is 23.7 Å². The number of carbonyl (C=O) groups excluding carboxylic acids is 2. The minimum atomic E-state index is -0.528. The van der Waals surface area contributed by atoms with Crippen LogP contribution < -0.4 is 5.32 Å². The van der Waals surface area contributed by atoms with Crippen LogP contribution in [0.2, 0.25) is 5.02 Å². The van der Waals surface area contributed by atoms with Crippen LogP contribution in [-0.2, 0) is 16.1 Å². The third kappa shape index (κ3) is 5.19. The maximum atomic E-state index is 12.8. The number of furan rings is 1. The molecule has 0 aliphatic heterocycles. The van der Waals surface area contributed by atoms with E-state index in [1.165, 1.54) is 30.2 Å². The third-order valence-electron chi connectivity index (χ3n) is 4.83. The van der Waals surface area contributed by atoms with Crippen LogP contribution in [0.4, 0.5) is 5.00 Å². The highest BCUT2D eigenvalue weighted by Crippen LogP contribution is 2.37. The number of nitrogens with zero attached hydrogens (tertiary/aromatic N) is 3. The SMILES string of the molecule is CCCn1c(SCC(=O)Nc2scc(-c3ccc(Cl)cc3)c2C(=O)OC)nnc1-c1ccco1. The van der Waals surface area contributed by atoms with Crippen molar-refractivity contribution in [3.63, 3.8) is 0 Å². The molecular weight excluding hydrogens is 496 g/mol. The molecule has 3 aromatic heterocycles. The summed E-state index contributed by atoms with van der Waals surface area (Å²) >= 11 is 8.51. The van der Waals surface area contributed by atoms with E-state index in [-0.39, 0.29) is 11.7 Å².